The molecule has 0 aliphatic carbocycles. The quantitative estimate of drug-likeness (QED) is 0.766. The molecule has 1 N–H and O–H groups in total. The Kier molecular flexibility index (Phi) is 3.21. The van der Waals surface area contributed by atoms with Gasteiger partial charge in [0.25, 0.3) is 0 Å². The molecular weight excluding hydrogens is 198 g/mol. The summed E-state index contributed by atoms with van der Waals surface area (Å²) in [6, 6.07) is 0. The Bertz CT molecular complexity index is 311. The third kappa shape index (κ3) is 2.16. The smallest absolute Gasteiger partial charge is 0.145 e. The van der Waals surface area contributed by atoms with Crippen molar-refractivity contribution < 1.29 is 4.21 Å². The molecule has 1 aromatic heterocycles. The first-order valence-corrected chi connectivity index (χ1v) is 5.96. The zero-order chi connectivity index (χ0) is 9.80. The maximum absolute atomic E-state index is 12.0. The predicted octanol–water partition coefficient (Wildman–Crippen LogP) is 0.336. The van der Waals surface area contributed by atoms with Crippen molar-refractivity contribution in [2.75, 3.05) is 13.1 Å². The van der Waals surface area contributed by atoms with Gasteiger partial charge in [0.1, 0.15) is 5.03 Å². The van der Waals surface area contributed by atoms with Crippen molar-refractivity contribution in [3.8, 4) is 0 Å². The van der Waals surface area contributed by atoms with Crippen LogP contribution in [0.3, 0.4) is 0 Å². The van der Waals surface area contributed by atoms with E-state index in [1.165, 1.54) is 0 Å². The highest BCUT2D eigenvalue weighted by atomic mass is 32.2. The van der Waals surface area contributed by atoms with Crippen molar-refractivity contribution in [3.63, 3.8) is 0 Å². The van der Waals surface area contributed by atoms with Gasteiger partial charge in [-0.1, -0.05) is 0 Å². The second-order valence-corrected chi connectivity index (χ2v) is 4.99. The molecule has 2 atom stereocenters. The van der Waals surface area contributed by atoms with Gasteiger partial charge < -0.3 is 5.32 Å². The zero-order valence-corrected chi connectivity index (χ0v) is 8.67. The standard InChI is InChI=1S/C9H13N3OS/c13-14(8-2-1-3-10-6-8)9-7-11-4-5-12-9/h4-5,7-8,10H,1-3,6H2/t8-,14-/m0/s1. The van der Waals surface area contributed by atoms with Crippen LogP contribution in [0.15, 0.2) is 23.6 Å². The van der Waals surface area contributed by atoms with Gasteiger partial charge in [-0.3, -0.25) is 9.19 Å². The molecule has 0 amide bonds. The number of nitrogens with one attached hydrogen (secondary N) is 1. The lowest BCUT2D eigenvalue weighted by molar-refractivity contribution is 0.519. The van der Waals surface area contributed by atoms with E-state index in [0.717, 1.165) is 25.9 Å². The van der Waals surface area contributed by atoms with Crippen LogP contribution in [0.2, 0.25) is 0 Å². The molecule has 0 aromatic carbocycles. The average Bonchev–Trinajstić information content (AvgIpc) is 2.30. The van der Waals surface area contributed by atoms with Gasteiger partial charge >= 0.3 is 0 Å². The second kappa shape index (κ2) is 4.61. The maximum Gasteiger partial charge on any atom is 0.145 e. The lowest BCUT2D eigenvalue weighted by Crippen LogP contribution is -2.36. The van der Waals surface area contributed by atoms with E-state index >= 15 is 0 Å². The molecule has 2 rings (SSSR count). The van der Waals surface area contributed by atoms with Gasteiger partial charge in [-0.25, -0.2) is 4.98 Å². The van der Waals surface area contributed by atoms with E-state index in [4.69, 9.17) is 0 Å². The number of aromatic nitrogens is 2. The number of hydrogen-bond donors (Lipinski definition) is 1. The molecule has 0 spiro atoms. The van der Waals surface area contributed by atoms with Gasteiger partial charge in [0.15, 0.2) is 0 Å². The molecule has 1 aliphatic heterocycles. The first kappa shape index (κ1) is 9.73. The zero-order valence-electron chi connectivity index (χ0n) is 7.85. The van der Waals surface area contributed by atoms with E-state index in [9.17, 15) is 4.21 Å². The Morgan fingerprint density at radius 3 is 3.07 bits per heavy atom. The van der Waals surface area contributed by atoms with E-state index in [2.05, 4.69) is 15.3 Å². The number of nitrogens with zero attached hydrogens (tertiary/aromatic N) is 2. The van der Waals surface area contributed by atoms with Crippen molar-refractivity contribution in [3.05, 3.63) is 18.6 Å². The van der Waals surface area contributed by atoms with Crippen LogP contribution in [-0.4, -0.2) is 32.5 Å². The maximum atomic E-state index is 12.0. The van der Waals surface area contributed by atoms with E-state index in [0.29, 0.717) is 5.03 Å². The fourth-order valence-electron chi connectivity index (χ4n) is 1.56. The lowest BCUT2D eigenvalue weighted by atomic mass is 10.2. The summed E-state index contributed by atoms with van der Waals surface area (Å²) in [6.45, 7) is 1.86. The Morgan fingerprint density at radius 2 is 2.43 bits per heavy atom. The molecule has 2 heterocycles. The summed E-state index contributed by atoms with van der Waals surface area (Å²) in [6.07, 6.45) is 6.88. The molecule has 1 saturated heterocycles. The number of piperidine rings is 1. The summed E-state index contributed by atoms with van der Waals surface area (Å²) < 4.78 is 12.0. The van der Waals surface area contributed by atoms with Crippen molar-refractivity contribution in [1.29, 1.82) is 0 Å². The summed E-state index contributed by atoms with van der Waals surface area (Å²) >= 11 is 0. The van der Waals surface area contributed by atoms with Crippen LogP contribution < -0.4 is 5.32 Å². The first-order valence-electron chi connectivity index (χ1n) is 4.75. The van der Waals surface area contributed by atoms with Gasteiger partial charge in [0.05, 0.1) is 22.2 Å². The summed E-state index contributed by atoms with van der Waals surface area (Å²) in [4.78, 5) is 7.99. The molecule has 0 unspecified atom stereocenters. The highest BCUT2D eigenvalue weighted by Crippen LogP contribution is 2.13. The Hall–Kier alpha value is -0.810. The molecule has 1 aliphatic rings. The summed E-state index contributed by atoms with van der Waals surface area (Å²) in [7, 11) is -1.01. The van der Waals surface area contributed by atoms with Crippen LogP contribution in [0.5, 0.6) is 0 Å². The molecule has 0 radical (unpaired) electrons. The third-order valence-corrected chi connectivity index (χ3v) is 3.93. The van der Waals surface area contributed by atoms with Gasteiger partial charge in [0, 0.05) is 18.9 Å². The van der Waals surface area contributed by atoms with Crippen molar-refractivity contribution in [2.24, 2.45) is 0 Å². The monoisotopic (exact) mass is 211 g/mol. The van der Waals surface area contributed by atoms with Gasteiger partial charge in [-0.2, -0.15) is 0 Å². The molecule has 1 fully saturated rings. The van der Waals surface area contributed by atoms with Crippen LogP contribution in [0.4, 0.5) is 0 Å². The number of hydrogen-bond acceptors (Lipinski definition) is 4. The minimum Gasteiger partial charge on any atom is -0.316 e. The third-order valence-electron chi connectivity index (χ3n) is 2.30. The van der Waals surface area contributed by atoms with Crippen LogP contribution in [0.1, 0.15) is 12.8 Å². The topological polar surface area (TPSA) is 54.9 Å². The fourth-order valence-corrected chi connectivity index (χ4v) is 2.88. The van der Waals surface area contributed by atoms with Crippen LogP contribution in [0, 0.1) is 0 Å². The second-order valence-electron chi connectivity index (χ2n) is 3.31. The Balaban J connectivity index is 2.07. The molecular formula is C9H13N3OS. The predicted molar refractivity (Wildman–Crippen MR) is 54.3 cm³/mol. The molecule has 1 aromatic rings. The molecule has 5 heteroatoms. The fraction of sp³-hybridized carbons (Fsp3) is 0.556. The molecule has 0 bridgehead atoms. The van der Waals surface area contributed by atoms with E-state index in [1.807, 2.05) is 0 Å². The van der Waals surface area contributed by atoms with Crippen LogP contribution in [-0.2, 0) is 10.8 Å². The minimum atomic E-state index is -1.01. The summed E-state index contributed by atoms with van der Waals surface area (Å²) in [5, 5.41) is 4.04. The molecule has 0 saturated carbocycles. The van der Waals surface area contributed by atoms with Crippen molar-refractivity contribution >= 4 is 10.8 Å². The Labute approximate surface area is 85.6 Å². The molecule has 14 heavy (non-hydrogen) atoms. The SMILES string of the molecule is O=[S@](c1cnccn1)[C@H]1CCCNC1. The minimum absolute atomic E-state index is 0.195. The van der Waals surface area contributed by atoms with E-state index in [1.54, 1.807) is 18.6 Å². The van der Waals surface area contributed by atoms with Crippen LogP contribution in [0.25, 0.3) is 0 Å². The van der Waals surface area contributed by atoms with Gasteiger partial charge in [0.2, 0.25) is 0 Å². The summed E-state index contributed by atoms with van der Waals surface area (Å²) in [5.41, 5.74) is 0. The van der Waals surface area contributed by atoms with Gasteiger partial charge in [-0.15, -0.1) is 0 Å². The van der Waals surface area contributed by atoms with Crippen molar-refractivity contribution in [1.82, 2.24) is 15.3 Å². The molecule has 76 valence electrons. The first-order chi connectivity index (χ1) is 6.88. The average molecular weight is 211 g/mol. The normalized spacial score (nSPS) is 24.4. The van der Waals surface area contributed by atoms with Crippen LogP contribution >= 0.6 is 0 Å². The van der Waals surface area contributed by atoms with Gasteiger partial charge in [-0.05, 0) is 19.4 Å². The molecule has 4 nitrogen and oxygen atoms in total. The highest BCUT2D eigenvalue weighted by Gasteiger charge is 2.21. The van der Waals surface area contributed by atoms with Crippen molar-refractivity contribution in [2.45, 2.75) is 23.1 Å². The lowest BCUT2D eigenvalue weighted by Gasteiger charge is -2.21. The highest BCUT2D eigenvalue weighted by molar-refractivity contribution is 7.85. The van der Waals surface area contributed by atoms with E-state index < -0.39 is 10.8 Å². The number of rotatable bonds is 2. The Morgan fingerprint density at radius 1 is 1.50 bits per heavy atom. The van der Waals surface area contributed by atoms with E-state index in [-0.39, 0.29) is 5.25 Å². The largest absolute Gasteiger partial charge is 0.316 e. The summed E-state index contributed by atoms with van der Waals surface area (Å²) in [5.74, 6) is 0.